The summed E-state index contributed by atoms with van der Waals surface area (Å²) in [4.78, 5) is 23.5. The van der Waals surface area contributed by atoms with Gasteiger partial charge in [0.15, 0.2) is 0 Å². The van der Waals surface area contributed by atoms with Gasteiger partial charge in [-0.3, -0.25) is 9.59 Å². The van der Waals surface area contributed by atoms with Gasteiger partial charge in [0.05, 0.1) is 19.3 Å². The first-order chi connectivity index (χ1) is 13.9. The number of carbonyl (C=O) groups excluding carboxylic acids is 2. The highest BCUT2D eigenvalue weighted by molar-refractivity contribution is 5.84. The number of methoxy groups -OCH3 is 1. The molecule has 0 aromatic rings. The molecule has 0 aliphatic heterocycles. The van der Waals surface area contributed by atoms with Crippen LogP contribution in [0.5, 0.6) is 0 Å². The Morgan fingerprint density at radius 1 is 1.17 bits per heavy atom. The van der Waals surface area contributed by atoms with Gasteiger partial charge in [0.1, 0.15) is 5.78 Å². The number of unbranched alkanes of at least 4 members (excludes halogenated alkanes) is 3. The molecule has 0 spiro atoms. The van der Waals surface area contributed by atoms with Crippen LogP contribution in [0.3, 0.4) is 0 Å². The second-order valence-corrected chi connectivity index (χ2v) is 9.45. The maximum atomic E-state index is 12.4. The Kier molecular flexibility index (Phi) is 10.1. The van der Waals surface area contributed by atoms with Crippen molar-refractivity contribution < 1.29 is 24.5 Å². The molecule has 0 amide bonds. The quantitative estimate of drug-likeness (QED) is 0.324. The summed E-state index contributed by atoms with van der Waals surface area (Å²) in [6.07, 6.45) is 12.8. The lowest BCUT2D eigenvalue weighted by Crippen LogP contribution is -2.41. The van der Waals surface area contributed by atoms with Crippen molar-refractivity contribution in [1.29, 1.82) is 0 Å². The van der Waals surface area contributed by atoms with Gasteiger partial charge in [-0.1, -0.05) is 45.4 Å². The average molecular weight is 411 g/mol. The number of Topliss-reactive ketones (excluding diaryl/α,β-unsaturated/α-hetero) is 1. The van der Waals surface area contributed by atoms with Crippen LogP contribution in [0.1, 0.15) is 103 Å². The maximum Gasteiger partial charge on any atom is 0.305 e. The van der Waals surface area contributed by atoms with E-state index in [4.69, 9.17) is 0 Å². The number of carbonyl (C=O) groups is 2. The monoisotopic (exact) mass is 410 g/mol. The Hall–Kier alpha value is -0.940. The smallest absolute Gasteiger partial charge is 0.305 e. The number of hydrogen-bond donors (Lipinski definition) is 2. The molecule has 2 saturated carbocycles. The number of rotatable bonds is 14. The molecule has 0 saturated heterocycles. The third-order valence-electron chi connectivity index (χ3n) is 7.53. The van der Waals surface area contributed by atoms with E-state index in [0.717, 1.165) is 77.0 Å². The minimum Gasteiger partial charge on any atom is -0.469 e. The van der Waals surface area contributed by atoms with Crippen LogP contribution in [-0.4, -0.2) is 41.3 Å². The molecule has 0 unspecified atom stereocenters. The van der Waals surface area contributed by atoms with Crippen LogP contribution in [0.2, 0.25) is 0 Å². The molecular formula is C24H42O5. The van der Waals surface area contributed by atoms with Crippen molar-refractivity contribution in [1.82, 2.24) is 0 Å². The Morgan fingerprint density at radius 3 is 2.52 bits per heavy atom. The van der Waals surface area contributed by atoms with E-state index >= 15 is 0 Å². The van der Waals surface area contributed by atoms with E-state index in [0.29, 0.717) is 12.8 Å². The van der Waals surface area contributed by atoms with Crippen molar-refractivity contribution in [3.05, 3.63) is 0 Å². The number of ether oxygens (including phenoxy) is 1. The van der Waals surface area contributed by atoms with Gasteiger partial charge >= 0.3 is 5.97 Å². The van der Waals surface area contributed by atoms with E-state index in [1.165, 1.54) is 13.5 Å². The second-order valence-electron chi connectivity index (χ2n) is 9.45. The molecule has 168 valence electrons. The first-order valence-electron chi connectivity index (χ1n) is 11.9. The fourth-order valence-electron chi connectivity index (χ4n) is 5.61. The predicted octanol–water partition coefficient (Wildman–Crippen LogP) is 4.57. The summed E-state index contributed by atoms with van der Waals surface area (Å²) in [5.74, 6) is 0.0624. The van der Waals surface area contributed by atoms with E-state index < -0.39 is 6.10 Å². The number of esters is 1. The van der Waals surface area contributed by atoms with E-state index in [2.05, 4.69) is 11.7 Å². The largest absolute Gasteiger partial charge is 0.469 e. The summed E-state index contributed by atoms with van der Waals surface area (Å²) in [6.45, 7) is 2.19. The van der Waals surface area contributed by atoms with Crippen LogP contribution in [0.4, 0.5) is 0 Å². The van der Waals surface area contributed by atoms with Gasteiger partial charge in [-0.15, -0.1) is 0 Å². The molecule has 2 aliphatic carbocycles. The Balaban J connectivity index is 1.70. The number of aliphatic hydroxyl groups excluding tert-OH is 2. The average Bonchev–Trinajstić information content (AvgIpc) is 2.93. The minimum atomic E-state index is -0.516. The van der Waals surface area contributed by atoms with Gasteiger partial charge in [-0.05, 0) is 56.3 Å². The van der Waals surface area contributed by atoms with E-state index in [9.17, 15) is 19.8 Å². The van der Waals surface area contributed by atoms with E-state index in [1.54, 1.807) is 0 Å². The number of ketones is 1. The highest BCUT2D eigenvalue weighted by Crippen LogP contribution is 2.49. The van der Waals surface area contributed by atoms with Gasteiger partial charge in [0.25, 0.3) is 0 Å². The lowest BCUT2D eigenvalue weighted by atomic mass is 9.61. The van der Waals surface area contributed by atoms with Crippen LogP contribution in [-0.2, 0) is 14.3 Å². The molecular weight excluding hydrogens is 368 g/mol. The number of aliphatic hydroxyl groups is 2. The molecule has 2 N–H and O–H groups in total. The van der Waals surface area contributed by atoms with Crippen molar-refractivity contribution in [3.8, 4) is 0 Å². The molecule has 0 aromatic heterocycles. The van der Waals surface area contributed by atoms with E-state index in [-0.39, 0.29) is 35.1 Å². The Labute approximate surface area is 176 Å². The van der Waals surface area contributed by atoms with Gasteiger partial charge in [0, 0.05) is 18.8 Å². The summed E-state index contributed by atoms with van der Waals surface area (Å²) >= 11 is 0. The second kappa shape index (κ2) is 12.0. The van der Waals surface area contributed by atoms with Crippen molar-refractivity contribution in [2.75, 3.05) is 7.11 Å². The number of hydrogen-bond acceptors (Lipinski definition) is 5. The molecule has 0 radical (unpaired) electrons. The Morgan fingerprint density at radius 2 is 1.90 bits per heavy atom. The zero-order chi connectivity index (χ0) is 21.3. The molecule has 29 heavy (non-hydrogen) atoms. The lowest BCUT2D eigenvalue weighted by molar-refractivity contribution is -0.140. The third kappa shape index (κ3) is 6.78. The predicted molar refractivity (Wildman–Crippen MR) is 113 cm³/mol. The first-order valence-corrected chi connectivity index (χ1v) is 11.9. The summed E-state index contributed by atoms with van der Waals surface area (Å²) < 4.78 is 4.65. The highest BCUT2D eigenvalue weighted by atomic mass is 16.5. The van der Waals surface area contributed by atoms with Crippen LogP contribution in [0.25, 0.3) is 0 Å². The van der Waals surface area contributed by atoms with Crippen molar-refractivity contribution >= 4 is 11.8 Å². The minimum absolute atomic E-state index is 0.0314. The van der Waals surface area contributed by atoms with Gasteiger partial charge in [-0.2, -0.15) is 0 Å². The van der Waals surface area contributed by atoms with Crippen molar-refractivity contribution in [2.24, 2.45) is 17.3 Å². The molecule has 5 heteroatoms. The van der Waals surface area contributed by atoms with Gasteiger partial charge in [-0.25, -0.2) is 0 Å². The molecule has 2 fully saturated rings. The Bertz CT molecular complexity index is 513. The standard InChI is InChI=1S/C24H42O5/c1-3-14-24(15-9-16-24)22(27)12-8-11-19-18(20(25)17-21(19)26)10-6-4-5-7-13-23(28)29-2/h18-19,21-22,26-27H,3-17H2,1-2H3/t18-,19+,21-,22+/m0/s1. The lowest BCUT2D eigenvalue weighted by Gasteiger charge is -2.46. The van der Waals surface area contributed by atoms with Crippen LogP contribution in [0, 0.1) is 17.3 Å². The summed E-state index contributed by atoms with van der Waals surface area (Å²) in [5, 5.41) is 21.1. The first kappa shape index (κ1) is 24.3. The summed E-state index contributed by atoms with van der Waals surface area (Å²) in [7, 11) is 1.41. The van der Waals surface area contributed by atoms with Crippen LogP contribution in [0.15, 0.2) is 0 Å². The third-order valence-corrected chi connectivity index (χ3v) is 7.53. The molecule has 0 bridgehead atoms. The fraction of sp³-hybridized carbons (Fsp3) is 0.917. The maximum absolute atomic E-state index is 12.4. The van der Waals surface area contributed by atoms with Crippen molar-refractivity contribution in [2.45, 2.75) is 115 Å². The van der Waals surface area contributed by atoms with Gasteiger partial charge < -0.3 is 14.9 Å². The highest BCUT2D eigenvalue weighted by Gasteiger charge is 2.43. The van der Waals surface area contributed by atoms with Crippen LogP contribution >= 0.6 is 0 Å². The van der Waals surface area contributed by atoms with Crippen molar-refractivity contribution in [3.63, 3.8) is 0 Å². The normalized spacial score (nSPS) is 26.9. The topological polar surface area (TPSA) is 83.8 Å². The summed E-state index contributed by atoms with van der Waals surface area (Å²) in [6, 6.07) is 0. The molecule has 2 aliphatic rings. The fourth-order valence-corrected chi connectivity index (χ4v) is 5.61. The molecule has 4 atom stereocenters. The molecule has 5 nitrogen and oxygen atoms in total. The SMILES string of the molecule is CCCC1([C@H](O)CCC[C@@H]2[C@H](CCCCCCC(=O)OC)C(=O)C[C@@H]2O)CCC1. The summed E-state index contributed by atoms with van der Waals surface area (Å²) in [5.41, 5.74) is 0.141. The molecule has 0 aromatic carbocycles. The van der Waals surface area contributed by atoms with Crippen LogP contribution < -0.4 is 0 Å². The zero-order valence-electron chi connectivity index (χ0n) is 18.5. The van der Waals surface area contributed by atoms with E-state index in [1.807, 2.05) is 0 Å². The molecule has 0 heterocycles. The van der Waals surface area contributed by atoms with Gasteiger partial charge in [0.2, 0.25) is 0 Å². The zero-order valence-corrected chi connectivity index (χ0v) is 18.5. The molecule has 2 rings (SSSR count).